The number of nitrogens with zero attached hydrogens (tertiary/aromatic N) is 3. The van der Waals surface area contributed by atoms with E-state index in [0.29, 0.717) is 5.25 Å². The van der Waals surface area contributed by atoms with Crippen LogP contribution in [0, 0.1) is 0 Å². The molecule has 0 fully saturated rings. The summed E-state index contributed by atoms with van der Waals surface area (Å²) in [5.41, 5.74) is 0. The molecule has 1 rings (SSSR count). The van der Waals surface area contributed by atoms with Gasteiger partial charge in [-0.05, 0) is 13.2 Å². The van der Waals surface area contributed by atoms with Gasteiger partial charge in [-0.25, -0.2) is 4.68 Å². The normalized spacial score (nSPS) is 13.4. The van der Waals surface area contributed by atoms with Gasteiger partial charge in [-0.15, -0.1) is 10.2 Å². The van der Waals surface area contributed by atoms with E-state index < -0.39 is 0 Å². The van der Waals surface area contributed by atoms with Crippen molar-refractivity contribution in [3.63, 3.8) is 0 Å². The molecule has 0 aliphatic heterocycles. The lowest BCUT2D eigenvalue weighted by Gasteiger charge is -2.04. The molecular weight excluding hydrogens is 148 g/mol. The van der Waals surface area contributed by atoms with Gasteiger partial charge in [-0.2, -0.15) is 11.8 Å². The van der Waals surface area contributed by atoms with E-state index in [0.717, 1.165) is 5.82 Å². The van der Waals surface area contributed by atoms with Gasteiger partial charge >= 0.3 is 0 Å². The zero-order chi connectivity index (χ0) is 7.56. The number of rotatable bonds is 2. The van der Waals surface area contributed by atoms with Gasteiger partial charge in [0.05, 0.1) is 5.25 Å². The lowest BCUT2D eigenvalue weighted by Crippen LogP contribution is -2.12. The van der Waals surface area contributed by atoms with Gasteiger partial charge in [-0.3, -0.25) is 0 Å². The van der Waals surface area contributed by atoms with Crippen LogP contribution in [-0.2, 0) is 0 Å². The fourth-order valence-corrected chi connectivity index (χ4v) is 1.03. The van der Waals surface area contributed by atoms with Crippen molar-refractivity contribution in [1.82, 2.24) is 14.9 Å². The number of hydrogen-bond acceptors (Lipinski definition) is 4. The highest BCUT2D eigenvalue weighted by Crippen LogP contribution is 2.21. The highest BCUT2D eigenvalue weighted by molar-refractivity contribution is 7.98. The molecule has 0 aliphatic rings. The first-order chi connectivity index (χ1) is 4.75. The molecule has 10 heavy (non-hydrogen) atoms. The number of hydrogen-bond donors (Lipinski definition) is 1. The Labute approximate surface area is 63.8 Å². The summed E-state index contributed by atoms with van der Waals surface area (Å²) in [5.74, 6) is 6.31. The number of nitrogen functional groups attached to an aromatic ring is 1. The van der Waals surface area contributed by atoms with Crippen molar-refractivity contribution in [3.05, 3.63) is 12.2 Å². The zero-order valence-electron chi connectivity index (χ0n) is 5.98. The first kappa shape index (κ1) is 7.40. The second kappa shape index (κ2) is 2.92. The fourth-order valence-electron chi connectivity index (χ4n) is 0.648. The van der Waals surface area contributed by atoms with E-state index >= 15 is 0 Å². The van der Waals surface area contributed by atoms with Crippen molar-refractivity contribution in [3.8, 4) is 0 Å². The molecule has 0 amide bonds. The van der Waals surface area contributed by atoms with Gasteiger partial charge < -0.3 is 5.84 Å². The summed E-state index contributed by atoms with van der Waals surface area (Å²) in [6.45, 7) is 2.04. The minimum absolute atomic E-state index is 0.312. The van der Waals surface area contributed by atoms with Gasteiger partial charge in [0.25, 0.3) is 0 Å². The third kappa shape index (κ3) is 1.23. The van der Waals surface area contributed by atoms with Crippen LogP contribution >= 0.6 is 11.8 Å². The van der Waals surface area contributed by atoms with Crippen LogP contribution in [0.4, 0.5) is 0 Å². The summed E-state index contributed by atoms with van der Waals surface area (Å²) >= 11 is 1.69. The minimum atomic E-state index is 0.312. The zero-order valence-corrected chi connectivity index (χ0v) is 6.80. The van der Waals surface area contributed by atoms with E-state index in [4.69, 9.17) is 5.84 Å². The van der Waals surface area contributed by atoms with Crippen LogP contribution in [0.2, 0.25) is 0 Å². The Hall–Kier alpha value is -0.710. The predicted octanol–water partition coefficient (Wildman–Crippen LogP) is 0.416. The summed E-state index contributed by atoms with van der Waals surface area (Å²) in [6.07, 6.45) is 3.52. The van der Waals surface area contributed by atoms with Crippen molar-refractivity contribution in [1.29, 1.82) is 0 Å². The van der Waals surface area contributed by atoms with E-state index in [1.165, 1.54) is 11.0 Å². The first-order valence-corrected chi connectivity index (χ1v) is 4.22. The quantitative estimate of drug-likeness (QED) is 0.634. The molecule has 1 atom stereocenters. The second-order valence-electron chi connectivity index (χ2n) is 1.97. The van der Waals surface area contributed by atoms with Crippen LogP contribution in [-0.4, -0.2) is 21.1 Å². The number of nitrogens with two attached hydrogens (primary N) is 1. The molecule has 1 aromatic heterocycles. The molecular formula is C5H10N4S. The molecule has 1 aromatic rings. The molecule has 5 heteroatoms. The Morgan fingerprint density at radius 1 is 1.80 bits per heavy atom. The van der Waals surface area contributed by atoms with Crippen LogP contribution in [0.25, 0.3) is 0 Å². The SMILES string of the molecule is CSC(C)c1nncn1N. The standard InChI is InChI=1S/C5H10N4S/c1-4(10-2)5-8-7-3-9(5)6/h3-4H,6H2,1-2H3. The van der Waals surface area contributed by atoms with Crippen LogP contribution < -0.4 is 5.84 Å². The summed E-state index contributed by atoms with van der Waals surface area (Å²) in [5, 5.41) is 7.83. The second-order valence-corrected chi connectivity index (χ2v) is 3.15. The Morgan fingerprint density at radius 3 is 2.90 bits per heavy atom. The third-order valence-corrected chi connectivity index (χ3v) is 2.24. The van der Waals surface area contributed by atoms with Gasteiger partial charge in [0.1, 0.15) is 6.33 Å². The maximum Gasteiger partial charge on any atom is 0.164 e. The van der Waals surface area contributed by atoms with E-state index in [1.54, 1.807) is 11.8 Å². The highest BCUT2D eigenvalue weighted by atomic mass is 32.2. The molecule has 0 aliphatic carbocycles. The van der Waals surface area contributed by atoms with Gasteiger partial charge in [0, 0.05) is 0 Å². The monoisotopic (exact) mass is 158 g/mol. The van der Waals surface area contributed by atoms with E-state index in [2.05, 4.69) is 10.2 Å². The topological polar surface area (TPSA) is 56.7 Å². The Morgan fingerprint density at radius 2 is 2.50 bits per heavy atom. The number of aromatic nitrogens is 3. The molecule has 56 valence electrons. The maximum atomic E-state index is 5.50. The van der Waals surface area contributed by atoms with Gasteiger partial charge in [-0.1, -0.05) is 0 Å². The summed E-state index contributed by atoms with van der Waals surface area (Å²) in [4.78, 5) is 0. The van der Waals surface area contributed by atoms with Crippen molar-refractivity contribution in [2.75, 3.05) is 12.1 Å². The first-order valence-electron chi connectivity index (χ1n) is 2.93. The molecule has 0 aromatic carbocycles. The third-order valence-electron chi connectivity index (χ3n) is 1.32. The molecule has 0 spiro atoms. The van der Waals surface area contributed by atoms with E-state index in [-0.39, 0.29) is 0 Å². The van der Waals surface area contributed by atoms with E-state index in [9.17, 15) is 0 Å². The molecule has 0 saturated carbocycles. The molecule has 0 radical (unpaired) electrons. The Kier molecular flexibility index (Phi) is 2.16. The highest BCUT2D eigenvalue weighted by Gasteiger charge is 2.08. The summed E-state index contributed by atoms with van der Waals surface area (Å²) < 4.78 is 1.45. The summed E-state index contributed by atoms with van der Waals surface area (Å²) in [7, 11) is 0. The van der Waals surface area contributed by atoms with Crippen LogP contribution in [0.3, 0.4) is 0 Å². The average molecular weight is 158 g/mol. The molecule has 0 saturated heterocycles. The molecule has 2 N–H and O–H groups in total. The van der Waals surface area contributed by atoms with Crippen molar-refractivity contribution in [2.24, 2.45) is 0 Å². The molecule has 0 bridgehead atoms. The Balaban J connectivity index is 2.82. The molecule has 1 unspecified atom stereocenters. The van der Waals surface area contributed by atoms with Crippen molar-refractivity contribution < 1.29 is 0 Å². The fraction of sp³-hybridized carbons (Fsp3) is 0.600. The average Bonchev–Trinajstić information content (AvgIpc) is 2.34. The van der Waals surface area contributed by atoms with Crippen LogP contribution in [0.15, 0.2) is 6.33 Å². The van der Waals surface area contributed by atoms with Crippen LogP contribution in [0.1, 0.15) is 18.0 Å². The lowest BCUT2D eigenvalue weighted by molar-refractivity contribution is 0.842. The predicted molar refractivity (Wildman–Crippen MR) is 42.1 cm³/mol. The van der Waals surface area contributed by atoms with Crippen molar-refractivity contribution in [2.45, 2.75) is 12.2 Å². The molecule has 4 nitrogen and oxygen atoms in total. The van der Waals surface area contributed by atoms with Crippen molar-refractivity contribution >= 4 is 11.8 Å². The van der Waals surface area contributed by atoms with Gasteiger partial charge in [0.2, 0.25) is 0 Å². The largest absolute Gasteiger partial charge is 0.336 e. The minimum Gasteiger partial charge on any atom is -0.336 e. The maximum absolute atomic E-state index is 5.50. The Bertz CT molecular complexity index is 209. The molecule has 1 heterocycles. The lowest BCUT2D eigenvalue weighted by atomic mass is 10.4. The van der Waals surface area contributed by atoms with Gasteiger partial charge in [0.15, 0.2) is 5.82 Å². The number of thioether (sulfide) groups is 1. The smallest absolute Gasteiger partial charge is 0.164 e. The summed E-state index contributed by atoms with van der Waals surface area (Å²) in [6, 6.07) is 0. The van der Waals surface area contributed by atoms with E-state index in [1.807, 2.05) is 13.2 Å². The van der Waals surface area contributed by atoms with Crippen LogP contribution in [0.5, 0.6) is 0 Å².